The molecule has 5 nitrogen and oxygen atoms in total. The van der Waals surface area contributed by atoms with Crippen LogP contribution < -0.4 is 10.6 Å². The Kier molecular flexibility index (Phi) is 5.41. The van der Waals surface area contributed by atoms with Crippen molar-refractivity contribution in [2.24, 2.45) is 0 Å². The highest BCUT2D eigenvalue weighted by molar-refractivity contribution is 8.01. The number of thioether (sulfide) groups is 1. The van der Waals surface area contributed by atoms with Gasteiger partial charge in [0.05, 0.1) is 0 Å². The smallest absolute Gasteiger partial charge is 0.321 e. The molecule has 0 spiro atoms. The molecule has 0 radical (unpaired) electrons. The number of aromatic nitrogens is 2. The lowest BCUT2D eigenvalue weighted by Gasteiger charge is -2.01. The second-order valence-corrected chi connectivity index (χ2v) is 5.18. The summed E-state index contributed by atoms with van der Waals surface area (Å²) in [6, 6.07) is -0.221. The molecule has 1 rings (SSSR count). The van der Waals surface area contributed by atoms with E-state index >= 15 is 0 Å². The minimum absolute atomic E-state index is 0.221. The molecule has 0 bridgehead atoms. The highest BCUT2D eigenvalue weighted by atomic mass is 32.2. The normalized spacial score (nSPS) is 10.0. The van der Waals surface area contributed by atoms with Crippen molar-refractivity contribution in [2.45, 2.75) is 24.6 Å². The number of urea groups is 1. The number of anilines is 1. The molecular weight excluding hydrogens is 232 g/mol. The molecule has 0 aliphatic heterocycles. The zero-order valence-corrected chi connectivity index (χ0v) is 10.4. The van der Waals surface area contributed by atoms with E-state index in [9.17, 15) is 4.79 Å². The van der Waals surface area contributed by atoms with Crippen LogP contribution in [0.15, 0.2) is 4.34 Å². The summed E-state index contributed by atoms with van der Waals surface area (Å²) in [4.78, 5) is 11.2. The van der Waals surface area contributed by atoms with E-state index < -0.39 is 0 Å². The molecule has 0 aliphatic carbocycles. The van der Waals surface area contributed by atoms with Crippen LogP contribution in [0.25, 0.3) is 0 Å². The predicted molar refractivity (Wildman–Crippen MR) is 63.6 cm³/mol. The van der Waals surface area contributed by atoms with Crippen molar-refractivity contribution in [2.75, 3.05) is 17.6 Å². The van der Waals surface area contributed by atoms with Gasteiger partial charge in [0, 0.05) is 6.54 Å². The zero-order valence-electron chi connectivity index (χ0n) is 8.74. The van der Waals surface area contributed by atoms with Crippen LogP contribution in [0.5, 0.6) is 0 Å². The quantitative estimate of drug-likeness (QED) is 0.617. The minimum Gasteiger partial charge on any atom is -0.338 e. The maximum atomic E-state index is 11.2. The molecule has 0 atom stereocenters. The van der Waals surface area contributed by atoms with E-state index in [0.29, 0.717) is 11.7 Å². The van der Waals surface area contributed by atoms with Crippen molar-refractivity contribution in [3.63, 3.8) is 0 Å². The molecule has 0 saturated carbocycles. The van der Waals surface area contributed by atoms with E-state index in [1.165, 1.54) is 11.3 Å². The van der Waals surface area contributed by atoms with E-state index in [0.717, 1.165) is 16.5 Å². The fraction of sp³-hybridized carbons (Fsp3) is 0.625. The highest BCUT2D eigenvalue weighted by Gasteiger charge is 2.06. The summed E-state index contributed by atoms with van der Waals surface area (Å²) >= 11 is 3.00. The number of carbonyl (C=O) groups is 1. The van der Waals surface area contributed by atoms with Crippen LogP contribution >= 0.6 is 23.1 Å². The first-order chi connectivity index (χ1) is 7.26. The van der Waals surface area contributed by atoms with Crippen molar-refractivity contribution in [1.82, 2.24) is 15.5 Å². The third-order valence-corrected chi connectivity index (χ3v) is 3.28. The summed E-state index contributed by atoms with van der Waals surface area (Å²) in [5.41, 5.74) is 0. The lowest BCUT2D eigenvalue weighted by Crippen LogP contribution is -2.29. The molecule has 2 N–H and O–H groups in total. The third-order valence-electron chi connectivity index (χ3n) is 1.43. The Labute approximate surface area is 97.1 Å². The third kappa shape index (κ3) is 4.48. The molecule has 1 aromatic rings. The Morgan fingerprint density at radius 3 is 2.93 bits per heavy atom. The van der Waals surface area contributed by atoms with Gasteiger partial charge in [0.15, 0.2) is 4.34 Å². The molecule has 1 aromatic heterocycles. The summed E-state index contributed by atoms with van der Waals surface area (Å²) in [5.74, 6) is 0.955. The molecule has 0 aliphatic rings. The molecule has 0 aromatic carbocycles. The van der Waals surface area contributed by atoms with Crippen LogP contribution in [-0.4, -0.2) is 28.5 Å². The van der Waals surface area contributed by atoms with Crippen molar-refractivity contribution in [3.8, 4) is 0 Å². The van der Waals surface area contributed by atoms with Crippen LogP contribution in [-0.2, 0) is 0 Å². The predicted octanol–water partition coefficient (Wildman–Crippen LogP) is 2.18. The van der Waals surface area contributed by atoms with Crippen molar-refractivity contribution in [3.05, 3.63) is 0 Å². The molecule has 0 saturated heterocycles. The number of nitrogens with one attached hydrogen (secondary N) is 2. The van der Waals surface area contributed by atoms with E-state index in [1.54, 1.807) is 11.8 Å². The minimum atomic E-state index is -0.221. The van der Waals surface area contributed by atoms with Crippen LogP contribution in [0.1, 0.15) is 20.3 Å². The van der Waals surface area contributed by atoms with Gasteiger partial charge in [0.2, 0.25) is 5.13 Å². The highest BCUT2D eigenvalue weighted by Crippen LogP contribution is 2.24. The number of hydrogen-bond donors (Lipinski definition) is 2. The molecule has 1 heterocycles. The van der Waals surface area contributed by atoms with E-state index in [1.807, 2.05) is 13.8 Å². The van der Waals surface area contributed by atoms with Crippen LogP contribution in [0.3, 0.4) is 0 Å². The number of nitrogens with zero attached hydrogens (tertiary/aromatic N) is 2. The molecule has 2 amide bonds. The average Bonchev–Trinajstić information content (AvgIpc) is 2.63. The lowest BCUT2D eigenvalue weighted by atomic mass is 10.5. The SMILES string of the molecule is CCCNC(=O)Nc1nnc(SCC)s1. The summed E-state index contributed by atoms with van der Waals surface area (Å²) in [5, 5.41) is 13.7. The fourth-order valence-corrected chi connectivity index (χ4v) is 2.47. The van der Waals surface area contributed by atoms with Crippen LogP contribution in [0, 0.1) is 0 Å². The van der Waals surface area contributed by atoms with Gasteiger partial charge in [-0.05, 0) is 12.2 Å². The average molecular weight is 246 g/mol. The molecule has 15 heavy (non-hydrogen) atoms. The number of carbonyl (C=O) groups excluding carboxylic acids is 1. The molecule has 7 heteroatoms. The first-order valence-corrected chi connectivity index (χ1v) is 6.57. The maximum absolute atomic E-state index is 11.2. The largest absolute Gasteiger partial charge is 0.338 e. The first-order valence-electron chi connectivity index (χ1n) is 4.77. The van der Waals surface area contributed by atoms with Gasteiger partial charge in [0.1, 0.15) is 0 Å². The summed E-state index contributed by atoms with van der Waals surface area (Å²) in [6.07, 6.45) is 0.917. The zero-order chi connectivity index (χ0) is 11.1. The topological polar surface area (TPSA) is 66.9 Å². The summed E-state index contributed by atoms with van der Waals surface area (Å²) < 4.78 is 0.878. The summed E-state index contributed by atoms with van der Waals surface area (Å²) in [7, 11) is 0. The molecular formula is C8H14N4OS2. The number of amides is 2. The van der Waals surface area contributed by atoms with Crippen molar-refractivity contribution < 1.29 is 4.79 Å². The second kappa shape index (κ2) is 6.62. The van der Waals surface area contributed by atoms with Gasteiger partial charge in [-0.2, -0.15) is 0 Å². The van der Waals surface area contributed by atoms with Gasteiger partial charge in [-0.15, -0.1) is 10.2 Å². The Hall–Kier alpha value is -0.820. The Balaban J connectivity index is 2.39. The number of rotatable bonds is 5. The standard InChI is InChI=1S/C8H14N4OS2/c1-3-5-9-6(13)10-7-11-12-8(15-7)14-4-2/h3-5H2,1-2H3,(H2,9,10,11,13). The van der Waals surface area contributed by atoms with Gasteiger partial charge in [-0.25, -0.2) is 4.79 Å². The second-order valence-electron chi connectivity index (χ2n) is 2.69. The molecule has 0 fully saturated rings. The van der Waals surface area contributed by atoms with Crippen molar-refractivity contribution in [1.29, 1.82) is 0 Å². The van der Waals surface area contributed by atoms with Crippen molar-refractivity contribution >= 4 is 34.3 Å². The fourth-order valence-electron chi connectivity index (χ4n) is 0.822. The van der Waals surface area contributed by atoms with E-state index in [4.69, 9.17) is 0 Å². The number of hydrogen-bond acceptors (Lipinski definition) is 5. The first kappa shape index (κ1) is 12.3. The van der Waals surface area contributed by atoms with Gasteiger partial charge in [0.25, 0.3) is 0 Å². The Morgan fingerprint density at radius 1 is 1.47 bits per heavy atom. The van der Waals surface area contributed by atoms with Gasteiger partial charge >= 0.3 is 6.03 Å². The molecule has 0 unspecified atom stereocenters. The van der Waals surface area contributed by atoms with E-state index in [-0.39, 0.29) is 6.03 Å². The van der Waals surface area contributed by atoms with Crippen LogP contribution in [0.2, 0.25) is 0 Å². The van der Waals surface area contributed by atoms with E-state index in [2.05, 4.69) is 20.8 Å². The monoisotopic (exact) mass is 246 g/mol. The lowest BCUT2D eigenvalue weighted by molar-refractivity contribution is 0.252. The van der Waals surface area contributed by atoms with Gasteiger partial charge in [-0.3, -0.25) is 5.32 Å². The Morgan fingerprint density at radius 2 is 2.27 bits per heavy atom. The van der Waals surface area contributed by atoms with Crippen LogP contribution in [0.4, 0.5) is 9.93 Å². The maximum Gasteiger partial charge on any atom is 0.321 e. The molecule has 84 valence electrons. The van der Waals surface area contributed by atoms with Gasteiger partial charge in [-0.1, -0.05) is 36.9 Å². The summed E-state index contributed by atoms with van der Waals surface area (Å²) in [6.45, 7) is 4.72. The van der Waals surface area contributed by atoms with Gasteiger partial charge < -0.3 is 5.32 Å². The Bertz CT molecular complexity index is 315.